The topological polar surface area (TPSA) is 42.4 Å². The number of pyridine rings is 1. The van der Waals surface area contributed by atoms with Crippen molar-refractivity contribution in [3.05, 3.63) is 29.8 Å². The first-order valence-electron chi connectivity index (χ1n) is 7.10. The molecule has 2 heterocycles. The van der Waals surface area contributed by atoms with Crippen molar-refractivity contribution in [3.8, 4) is 5.75 Å². The maximum Gasteiger partial charge on any atom is 0.153 e. The number of aldehydes is 1. The highest BCUT2D eigenvalue weighted by Crippen LogP contribution is 2.30. The van der Waals surface area contributed by atoms with E-state index in [0.29, 0.717) is 12.2 Å². The van der Waals surface area contributed by atoms with Crippen molar-refractivity contribution in [2.75, 3.05) is 24.6 Å². The Morgan fingerprint density at radius 3 is 2.85 bits per heavy atom. The average Bonchev–Trinajstić information content (AvgIpc) is 3.00. The number of anilines is 1. The molecule has 3 rings (SSSR count). The van der Waals surface area contributed by atoms with E-state index in [1.807, 2.05) is 31.2 Å². The van der Waals surface area contributed by atoms with E-state index in [9.17, 15) is 4.79 Å². The maximum atomic E-state index is 11.3. The summed E-state index contributed by atoms with van der Waals surface area (Å²) >= 11 is 0. The highest BCUT2D eigenvalue weighted by atomic mass is 16.5. The Hall–Kier alpha value is -2.10. The van der Waals surface area contributed by atoms with Gasteiger partial charge in [0.1, 0.15) is 17.1 Å². The van der Waals surface area contributed by atoms with Crippen molar-refractivity contribution in [2.24, 2.45) is 0 Å². The van der Waals surface area contributed by atoms with Gasteiger partial charge < -0.3 is 9.64 Å². The number of hydrogen-bond acceptors (Lipinski definition) is 4. The Balaban J connectivity index is 2.17. The molecule has 0 unspecified atom stereocenters. The third kappa shape index (κ3) is 2.22. The van der Waals surface area contributed by atoms with Crippen molar-refractivity contribution in [1.82, 2.24) is 4.98 Å². The van der Waals surface area contributed by atoms with Crippen LogP contribution >= 0.6 is 0 Å². The first kappa shape index (κ1) is 12.9. The van der Waals surface area contributed by atoms with Crippen LogP contribution in [-0.2, 0) is 0 Å². The molecule has 0 amide bonds. The summed E-state index contributed by atoms with van der Waals surface area (Å²) in [5.74, 6) is 1.57. The van der Waals surface area contributed by atoms with E-state index in [0.717, 1.165) is 54.7 Å². The fourth-order valence-electron chi connectivity index (χ4n) is 2.72. The Morgan fingerprint density at radius 1 is 1.35 bits per heavy atom. The third-order valence-corrected chi connectivity index (χ3v) is 3.65. The van der Waals surface area contributed by atoms with Gasteiger partial charge in [0.05, 0.1) is 12.2 Å². The molecule has 1 fully saturated rings. The Morgan fingerprint density at radius 2 is 2.15 bits per heavy atom. The standard InChI is InChI=1S/C16H18N2O2/c1-2-20-14-7-5-6-12-10-13(11-19)16(17-15(12)14)18-8-3-4-9-18/h5-7,10-11H,2-4,8-9H2,1H3. The Labute approximate surface area is 118 Å². The number of rotatable bonds is 4. The second-order valence-corrected chi connectivity index (χ2v) is 4.97. The summed E-state index contributed by atoms with van der Waals surface area (Å²) < 4.78 is 5.64. The molecule has 4 nitrogen and oxygen atoms in total. The van der Waals surface area contributed by atoms with E-state index >= 15 is 0 Å². The Bertz CT molecular complexity index is 634. The lowest BCUT2D eigenvalue weighted by Gasteiger charge is -2.19. The van der Waals surface area contributed by atoms with E-state index in [4.69, 9.17) is 9.72 Å². The van der Waals surface area contributed by atoms with Gasteiger partial charge in [-0.2, -0.15) is 0 Å². The molecule has 0 bridgehead atoms. The zero-order valence-corrected chi connectivity index (χ0v) is 11.6. The van der Waals surface area contributed by atoms with Gasteiger partial charge in [-0.3, -0.25) is 4.79 Å². The van der Waals surface area contributed by atoms with Crippen LogP contribution in [0.15, 0.2) is 24.3 Å². The molecule has 1 aliphatic rings. The third-order valence-electron chi connectivity index (χ3n) is 3.65. The molecule has 0 radical (unpaired) electrons. The highest BCUT2D eigenvalue weighted by molar-refractivity contribution is 5.94. The van der Waals surface area contributed by atoms with Crippen LogP contribution in [0.25, 0.3) is 10.9 Å². The summed E-state index contributed by atoms with van der Waals surface area (Å²) in [5, 5.41) is 0.945. The van der Waals surface area contributed by atoms with Crippen LogP contribution in [0.4, 0.5) is 5.82 Å². The number of fused-ring (bicyclic) bond motifs is 1. The first-order valence-corrected chi connectivity index (χ1v) is 7.10. The van der Waals surface area contributed by atoms with E-state index in [-0.39, 0.29) is 0 Å². The number of hydrogen-bond donors (Lipinski definition) is 0. The van der Waals surface area contributed by atoms with Gasteiger partial charge in [-0.1, -0.05) is 12.1 Å². The number of benzene rings is 1. The number of carbonyl (C=O) groups excluding carboxylic acids is 1. The molecule has 0 spiro atoms. The fraction of sp³-hybridized carbons (Fsp3) is 0.375. The van der Waals surface area contributed by atoms with Gasteiger partial charge >= 0.3 is 0 Å². The van der Waals surface area contributed by atoms with Gasteiger partial charge in [0.25, 0.3) is 0 Å². The summed E-state index contributed by atoms with van der Waals surface area (Å²) in [7, 11) is 0. The number of carbonyl (C=O) groups is 1. The molecular weight excluding hydrogens is 252 g/mol. The van der Waals surface area contributed by atoms with Crippen LogP contribution in [0.1, 0.15) is 30.1 Å². The predicted molar refractivity (Wildman–Crippen MR) is 79.7 cm³/mol. The summed E-state index contributed by atoms with van der Waals surface area (Å²) in [4.78, 5) is 18.2. The van der Waals surface area contributed by atoms with Crippen molar-refractivity contribution >= 4 is 23.0 Å². The van der Waals surface area contributed by atoms with Crippen LogP contribution in [0, 0.1) is 0 Å². The number of para-hydroxylation sites is 1. The van der Waals surface area contributed by atoms with Gasteiger partial charge in [0.2, 0.25) is 0 Å². The smallest absolute Gasteiger partial charge is 0.153 e. The molecular formula is C16H18N2O2. The second-order valence-electron chi connectivity index (χ2n) is 4.97. The van der Waals surface area contributed by atoms with Crippen molar-refractivity contribution in [2.45, 2.75) is 19.8 Å². The zero-order chi connectivity index (χ0) is 13.9. The van der Waals surface area contributed by atoms with E-state index in [2.05, 4.69) is 4.90 Å². The molecule has 0 saturated carbocycles. The average molecular weight is 270 g/mol. The molecule has 104 valence electrons. The van der Waals surface area contributed by atoms with Crippen LogP contribution < -0.4 is 9.64 Å². The molecule has 0 N–H and O–H groups in total. The lowest BCUT2D eigenvalue weighted by atomic mass is 10.1. The lowest BCUT2D eigenvalue weighted by molar-refractivity contribution is 0.112. The molecule has 1 saturated heterocycles. The predicted octanol–water partition coefficient (Wildman–Crippen LogP) is 3.05. The molecule has 1 aromatic heterocycles. The van der Waals surface area contributed by atoms with Crippen molar-refractivity contribution < 1.29 is 9.53 Å². The second kappa shape index (κ2) is 5.49. The van der Waals surface area contributed by atoms with Crippen LogP contribution in [0.5, 0.6) is 5.75 Å². The van der Waals surface area contributed by atoms with Crippen molar-refractivity contribution in [3.63, 3.8) is 0 Å². The highest BCUT2D eigenvalue weighted by Gasteiger charge is 2.18. The van der Waals surface area contributed by atoms with Gasteiger partial charge in [0, 0.05) is 18.5 Å². The van der Waals surface area contributed by atoms with Crippen LogP contribution in [-0.4, -0.2) is 31.0 Å². The minimum absolute atomic E-state index is 0.606. The summed E-state index contributed by atoms with van der Waals surface area (Å²) in [5.41, 5.74) is 1.50. The molecule has 2 aromatic rings. The number of ether oxygens (including phenoxy) is 1. The zero-order valence-electron chi connectivity index (χ0n) is 11.6. The fourth-order valence-corrected chi connectivity index (χ4v) is 2.72. The van der Waals surface area contributed by atoms with Crippen molar-refractivity contribution in [1.29, 1.82) is 0 Å². The van der Waals surface area contributed by atoms with Crippen LogP contribution in [0.3, 0.4) is 0 Å². The number of nitrogens with zero attached hydrogens (tertiary/aromatic N) is 2. The first-order chi connectivity index (χ1) is 9.83. The molecule has 20 heavy (non-hydrogen) atoms. The minimum Gasteiger partial charge on any atom is -0.492 e. The monoisotopic (exact) mass is 270 g/mol. The quantitative estimate of drug-likeness (QED) is 0.801. The lowest BCUT2D eigenvalue weighted by Crippen LogP contribution is -2.20. The molecule has 4 heteroatoms. The van der Waals surface area contributed by atoms with E-state index in [1.165, 1.54) is 0 Å². The van der Waals surface area contributed by atoms with Crippen LogP contribution in [0.2, 0.25) is 0 Å². The van der Waals surface area contributed by atoms with E-state index in [1.54, 1.807) is 0 Å². The largest absolute Gasteiger partial charge is 0.492 e. The summed E-state index contributed by atoms with van der Waals surface area (Å²) in [6.07, 6.45) is 3.21. The van der Waals surface area contributed by atoms with Gasteiger partial charge in [-0.05, 0) is 31.9 Å². The molecule has 1 aromatic carbocycles. The SMILES string of the molecule is CCOc1cccc2cc(C=O)c(N3CCCC3)nc12. The molecule has 1 aliphatic heterocycles. The minimum atomic E-state index is 0.606. The summed E-state index contributed by atoms with van der Waals surface area (Å²) in [6.45, 7) is 4.50. The maximum absolute atomic E-state index is 11.3. The molecule has 0 aliphatic carbocycles. The van der Waals surface area contributed by atoms with E-state index < -0.39 is 0 Å². The Kier molecular flexibility index (Phi) is 3.54. The number of aromatic nitrogens is 1. The van der Waals surface area contributed by atoms with Gasteiger partial charge in [0.15, 0.2) is 6.29 Å². The van der Waals surface area contributed by atoms with Gasteiger partial charge in [-0.15, -0.1) is 0 Å². The van der Waals surface area contributed by atoms with Gasteiger partial charge in [-0.25, -0.2) is 4.98 Å². The summed E-state index contributed by atoms with van der Waals surface area (Å²) in [6, 6.07) is 7.73. The normalized spacial score (nSPS) is 14.8. The molecule has 0 atom stereocenters.